The maximum absolute atomic E-state index is 11.5. The van der Waals surface area contributed by atoms with Crippen molar-refractivity contribution in [2.75, 3.05) is 14.2 Å². The van der Waals surface area contributed by atoms with E-state index in [0.29, 0.717) is 17.2 Å². The lowest BCUT2D eigenvalue weighted by Crippen LogP contribution is -2.05. The maximum atomic E-state index is 11.5. The summed E-state index contributed by atoms with van der Waals surface area (Å²) in [6.07, 6.45) is 1.61. The molecule has 0 amide bonds. The van der Waals surface area contributed by atoms with Crippen molar-refractivity contribution in [3.05, 3.63) is 54.4 Å². The Hall–Kier alpha value is -3.35. The van der Waals surface area contributed by atoms with E-state index in [4.69, 9.17) is 4.74 Å². The Bertz CT molecular complexity index is 848. The van der Waals surface area contributed by atoms with E-state index >= 15 is 0 Å². The van der Waals surface area contributed by atoms with Crippen LogP contribution in [0.3, 0.4) is 0 Å². The van der Waals surface area contributed by atoms with Crippen molar-refractivity contribution in [3.8, 4) is 28.5 Å². The van der Waals surface area contributed by atoms with Gasteiger partial charge in [0.25, 0.3) is 0 Å². The summed E-state index contributed by atoms with van der Waals surface area (Å²) in [5.74, 6) is 0.581. The minimum atomic E-state index is -0.514. The molecular weight excluding hydrogens is 308 g/mol. The Morgan fingerprint density at radius 3 is 2.38 bits per heavy atom. The first kappa shape index (κ1) is 15.5. The SMILES string of the molecule is COC(=O)c1cccc(-c2ncc(-c3ccc(OC)cc3)nn2)n1. The molecule has 7 nitrogen and oxygen atoms in total. The van der Waals surface area contributed by atoms with Gasteiger partial charge < -0.3 is 9.47 Å². The summed E-state index contributed by atoms with van der Waals surface area (Å²) < 4.78 is 9.78. The summed E-state index contributed by atoms with van der Waals surface area (Å²) in [5.41, 5.74) is 2.15. The molecule has 3 aromatic rings. The average molecular weight is 322 g/mol. The van der Waals surface area contributed by atoms with E-state index in [1.807, 2.05) is 24.3 Å². The number of carbonyl (C=O) groups is 1. The van der Waals surface area contributed by atoms with Gasteiger partial charge in [-0.25, -0.2) is 14.8 Å². The number of rotatable bonds is 4. The van der Waals surface area contributed by atoms with Crippen molar-refractivity contribution in [1.29, 1.82) is 0 Å². The molecule has 0 aliphatic rings. The highest BCUT2D eigenvalue weighted by molar-refractivity contribution is 5.87. The minimum Gasteiger partial charge on any atom is -0.497 e. The van der Waals surface area contributed by atoms with Crippen LogP contribution in [0.2, 0.25) is 0 Å². The smallest absolute Gasteiger partial charge is 0.356 e. The van der Waals surface area contributed by atoms with Crippen molar-refractivity contribution in [1.82, 2.24) is 20.2 Å². The molecular formula is C17H14N4O3. The van der Waals surface area contributed by atoms with Crippen LogP contribution in [-0.4, -0.2) is 40.4 Å². The Morgan fingerprint density at radius 1 is 0.958 bits per heavy atom. The number of pyridine rings is 1. The molecule has 0 aliphatic carbocycles. The minimum absolute atomic E-state index is 0.192. The van der Waals surface area contributed by atoms with Gasteiger partial charge >= 0.3 is 5.97 Å². The van der Waals surface area contributed by atoms with Gasteiger partial charge in [-0.3, -0.25) is 0 Å². The molecule has 24 heavy (non-hydrogen) atoms. The zero-order chi connectivity index (χ0) is 16.9. The molecule has 0 radical (unpaired) electrons. The van der Waals surface area contributed by atoms with Gasteiger partial charge in [0.1, 0.15) is 22.8 Å². The standard InChI is InChI=1S/C17H14N4O3/c1-23-12-8-6-11(7-9-12)15-10-18-16(21-20-15)13-4-3-5-14(19-13)17(22)24-2/h3-10H,1-2H3. The molecule has 0 atom stereocenters. The van der Waals surface area contributed by atoms with E-state index in [-0.39, 0.29) is 5.69 Å². The number of aromatic nitrogens is 4. The van der Waals surface area contributed by atoms with E-state index in [2.05, 4.69) is 24.9 Å². The predicted octanol–water partition coefficient (Wildman–Crippen LogP) is 2.40. The first-order valence-corrected chi connectivity index (χ1v) is 7.11. The van der Waals surface area contributed by atoms with Crippen molar-refractivity contribution < 1.29 is 14.3 Å². The molecule has 0 saturated heterocycles. The van der Waals surface area contributed by atoms with Crippen LogP contribution in [0.4, 0.5) is 0 Å². The van der Waals surface area contributed by atoms with Crippen molar-refractivity contribution in [2.45, 2.75) is 0 Å². The van der Waals surface area contributed by atoms with E-state index in [0.717, 1.165) is 11.3 Å². The van der Waals surface area contributed by atoms with Gasteiger partial charge in [0.15, 0.2) is 5.82 Å². The fraction of sp³-hybridized carbons (Fsp3) is 0.118. The molecule has 0 saturated carbocycles. The zero-order valence-corrected chi connectivity index (χ0v) is 13.1. The van der Waals surface area contributed by atoms with Gasteiger partial charge in [-0.15, -0.1) is 10.2 Å². The molecule has 1 aromatic carbocycles. The maximum Gasteiger partial charge on any atom is 0.356 e. The second-order valence-electron chi connectivity index (χ2n) is 4.80. The molecule has 0 spiro atoms. The third-order valence-electron chi connectivity index (χ3n) is 3.32. The molecule has 3 rings (SSSR count). The molecule has 0 bridgehead atoms. The number of methoxy groups -OCH3 is 2. The number of esters is 1. The zero-order valence-electron chi connectivity index (χ0n) is 13.1. The molecule has 2 heterocycles. The Kier molecular flexibility index (Phi) is 4.42. The van der Waals surface area contributed by atoms with Crippen LogP contribution in [0.25, 0.3) is 22.8 Å². The predicted molar refractivity (Wildman–Crippen MR) is 86.4 cm³/mol. The van der Waals surface area contributed by atoms with Gasteiger partial charge in [0.2, 0.25) is 0 Å². The Morgan fingerprint density at radius 2 is 1.75 bits per heavy atom. The second-order valence-corrected chi connectivity index (χ2v) is 4.80. The quantitative estimate of drug-likeness (QED) is 0.681. The van der Waals surface area contributed by atoms with Gasteiger partial charge in [-0.2, -0.15) is 0 Å². The fourth-order valence-electron chi connectivity index (χ4n) is 2.06. The van der Waals surface area contributed by atoms with Gasteiger partial charge in [-0.1, -0.05) is 6.07 Å². The van der Waals surface area contributed by atoms with E-state index in [1.54, 1.807) is 31.5 Å². The van der Waals surface area contributed by atoms with Crippen LogP contribution < -0.4 is 4.74 Å². The normalized spacial score (nSPS) is 10.2. The lowest BCUT2D eigenvalue weighted by Gasteiger charge is -2.04. The highest BCUT2D eigenvalue weighted by Gasteiger charge is 2.11. The second kappa shape index (κ2) is 6.82. The summed E-state index contributed by atoms with van der Waals surface area (Å²) >= 11 is 0. The summed E-state index contributed by atoms with van der Waals surface area (Å²) in [5, 5.41) is 8.25. The molecule has 0 unspecified atom stereocenters. The van der Waals surface area contributed by atoms with E-state index < -0.39 is 5.97 Å². The Balaban J connectivity index is 1.87. The lowest BCUT2D eigenvalue weighted by atomic mass is 10.1. The van der Waals surface area contributed by atoms with Crippen molar-refractivity contribution in [3.63, 3.8) is 0 Å². The monoisotopic (exact) mass is 322 g/mol. The molecule has 0 fully saturated rings. The van der Waals surface area contributed by atoms with Crippen LogP contribution in [0.5, 0.6) is 5.75 Å². The Labute approximate surface area is 138 Å². The average Bonchev–Trinajstić information content (AvgIpc) is 2.67. The van der Waals surface area contributed by atoms with Crippen LogP contribution in [-0.2, 0) is 4.74 Å². The van der Waals surface area contributed by atoms with Crippen LogP contribution in [0.15, 0.2) is 48.7 Å². The molecule has 7 heteroatoms. The lowest BCUT2D eigenvalue weighted by molar-refractivity contribution is 0.0594. The molecule has 0 aliphatic heterocycles. The van der Waals surface area contributed by atoms with Gasteiger partial charge in [-0.05, 0) is 36.4 Å². The number of benzene rings is 1. The highest BCUT2D eigenvalue weighted by atomic mass is 16.5. The number of nitrogens with zero attached hydrogens (tertiary/aromatic N) is 4. The molecule has 0 N–H and O–H groups in total. The number of ether oxygens (including phenoxy) is 2. The first-order chi connectivity index (χ1) is 11.7. The fourth-order valence-corrected chi connectivity index (χ4v) is 2.06. The first-order valence-electron chi connectivity index (χ1n) is 7.11. The molecule has 2 aromatic heterocycles. The third-order valence-corrected chi connectivity index (χ3v) is 3.32. The van der Waals surface area contributed by atoms with E-state index in [1.165, 1.54) is 7.11 Å². The summed E-state index contributed by atoms with van der Waals surface area (Å²) in [6, 6.07) is 12.4. The highest BCUT2D eigenvalue weighted by Crippen LogP contribution is 2.20. The van der Waals surface area contributed by atoms with Crippen LogP contribution in [0.1, 0.15) is 10.5 Å². The van der Waals surface area contributed by atoms with E-state index in [9.17, 15) is 4.79 Å². The summed E-state index contributed by atoms with van der Waals surface area (Å²) in [7, 11) is 2.92. The third kappa shape index (κ3) is 3.19. The topological polar surface area (TPSA) is 87.1 Å². The molecule has 120 valence electrons. The number of hydrogen-bond donors (Lipinski definition) is 0. The van der Waals surface area contributed by atoms with Crippen LogP contribution >= 0.6 is 0 Å². The van der Waals surface area contributed by atoms with Gasteiger partial charge in [0.05, 0.1) is 20.4 Å². The largest absolute Gasteiger partial charge is 0.497 e. The van der Waals surface area contributed by atoms with Crippen molar-refractivity contribution >= 4 is 5.97 Å². The van der Waals surface area contributed by atoms with Gasteiger partial charge in [0, 0.05) is 5.56 Å². The number of carbonyl (C=O) groups excluding carboxylic acids is 1. The number of hydrogen-bond acceptors (Lipinski definition) is 7. The van der Waals surface area contributed by atoms with Crippen LogP contribution in [0, 0.1) is 0 Å². The summed E-state index contributed by atoms with van der Waals surface area (Å²) in [4.78, 5) is 20.0. The summed E-state index contributed by atoms with van der Waals surface area (Å²) in [6.45, 7) is 0. The van der Waals surface area contributed by atoms with Crippen molar-refractivity contribution in [2.24, 2.45) is 0 Å².